The minimum absolute atomic E-state index is 0.0202. The Morgan fingerprint density at radius 1 is 0.865 bits per heavy atom. The zero-order valence-corrected chi connectivity index (χ0v) is 20.7. The SMILES string of the molecule is O=C(O)c1ccc(CN(C(=O)Nc2ccc(OC(F)(F)F)cc2)[C@H]2CC[C@@H](C3CCCCC3)CC2)cc1. The molecule has 2 saturated carbocycles. The van der Waals surface area contributed by atoms with Crippen LogP contribution in [0.3, 0.4) is 0 Å². The summed E-state index contributed by atoms with van der Waals surface area (Å²) in [5, 5.41) is 12.0. The monoisotopic (exact) mass is 518 g/mol. The van der Waals surface area contributed by atoms with Gasteiger partial charge in [0.15, 0.2) is 0 Å². The predicted octanol–water partition coefficient (Wildman–Crippen LogP) is 7.46. The fraction of sp³-hybridized carbons (Fsp3) is 0.500. The Kier molecular flexibility index (Phi) is 8.61. The number of rotatable bonds is 7. The van der Waals surface area contributed by atoms with E-state index in [9.17, 15) is 27.9 Å². The molecule has 4 rings (SSSR count). The van der Waals surface area contributed by atoms with Crippen molar-refractivity contribution in [2.75, 3.05) is 5.32 Å². The highest BCUT2D eigenvalue weighted by molar-refractivity contribution is 5.90. The van der Waals surface area contributed by atoms with Gasteiger partial charge in [0.05, 0.1) is 5.56 Å². The third kappa shape index (κ3) is 7.63. The summed E-state index contributed by atoms with van der Waals surface area (Å²) < 4.78 is 41.3. The van der Waals surface area contributed by atoms with E-state index in [4.69, 9.17) is 0 Å². The lowest BCUT2D eigenvalue weighted by Crippen LogP contribution is -2.44. The third-order valence-electron chi connectivity index (χ3n) is 7.65. The average molecular weight is 519 g/mol. The number of hydrogen-bond acceptors (Lipinski definition) is 3. The van der Waals surface area contributed by atoms with Gasteiger partial charge < -0.3 is 20.1 Å². The first kappa shape index (κ1) is 26.8. The van der Waals surface area contributed by atoms with Crippen molar-refractivity contribution in [3.05, 3.63) is 59.7 Å². The Morgan fingerprint density at radius 2 is 1.46 bits per heavy atom. The molecule has 0 aromatic heterocycles. The number of carboxylic acid groups (broad SMARTS) is 1. The van der Waals surface area contributed by atoms with Crippen molar-refractivity contribution in [3.63, 3.8) is 0 Å². The van der Waals surface area contributed by atoms with Crippen LogP contribution in [0.5, 0.6) is 5.75 Å². The molecule has 200 valence electrons. The minimum atomic E-state index is -4.78. The molecule has 0 bridgehead atoms. The summed E-state index contributed by atoms with van der Waals surface area (Å²) in [6.07, 6.45) is 5.66. The number of nitrogens with zero attached hydrogens (tertiary/aromatic N) is 1. The number of hydrogen-bond donors (Lipinski definition) is 2. The number of aromatic carboxylic acids is 1. The second kappa shape index (κ2) is 11.9. The van der Waals surface area contributed by atoms with E-state index in [0.29, 0.717) is 18.2 Å². The van der Waals surface area contributed by atoms with Crippen molar-refractivity contribution in [2.45, 2.75) is 76.7 Å². The number of benzene rings is 2. The fourth-order valence-corrected chi connectivity index (χ4v) is 5.74. The van der Waals surface area contributed by atoms with Gasteiger partial charge in [-0.05, 0) is 79.5 Å². The summed E-state index contributed by atoms with van der Waals surface area (Å²) in [6.45, 7) is 0.305. The molecular weight excluding hydrogens is 485 g/mol. The van der Waals surface area contributed by atoms with Gasteiger partial charge in [0, 0.05) is 18.3 Å². The van der Waals surface area contributed by atoms with Gasteiger partial charge in [0.25, 0.3) is 0 Å². The number of carbonyl (C=O) groups is 2. The lowest BCUT2D eigenvalue weighted by atomic mass is 9.72. The Morgan fingerprint density at radius 3 is 2.03 bits per heavy atom. The molecule has 6 nitrogen and oxygen atoms in total. The van der Waals surface area contributed by atoms with E-state index < -0.39 is 12.3 Å². The van der Waals surface area contributed by atoms with Crippen molar-refractivity contribution in [1.82, 2.24) is 4.90 Å². The van der Waals surface area contributed by atoms with Gasteiger partial charge in [-0.2, -0.15) is 0 Å². The number of ether oxygens (including phenoxy) is 1. The molecule has 0 heterocycles. The maximum Gasteiger partial charge on any atom is 0.573 e. The molecule has 2 aliphatic carbocycles. The van der Waals surface area contributed by atoms with Crippen LogP contribution in [0.25, 0.3) is 0 Å². The topological polar surface area (TPSA) is 78.9 Å². The summed E-state index contributed by atoms with van der Waals surface area (Å²) >= 11 is 0. The quantitative estimate of drug-likeness (QED) is 0.399. The van der Waals surface area contributed by atoms with Crippen LogP contribution in [0, 0.1) is 11.8 Å². The van der Waals surface area contributed by atoms with Crippen molar-refractivity contribution in [2.24, 2.45) is 11.8 Å². The average Bonchev–Trinajstić information content (AvgIpc) is 2.88. The molecule has 37 heavy (non-hydrogen) atoms. The number of halogens is 3. The van der Waals surface area contributed by atoms with Crippen LogP contribution < -0.4 is 10.1 Å². The zero-order chi connectivity index (χ0) is 26.4. The molecule has 2 aliphatic rings. The molecule has 9 heteroatoms. The third-order valence-corrected chi connectivity index (χ3v) is 7.65. The molecule has 0 saturated heterocycles. The summed E-state index contributed by atoms with van der Waals surface area (Å²) in [5.41, 5.74) is 1.35. The molecule has 0 spiro atoms. The van der Waals surface area contributed by atoms with Gasteiger partial charge in [-0.25, -0.2) is 9.59 Å². The van der Waals surface area contributed by atoms with E-state index in [1.54, 1.807) is 17.0 Å². The Bertz CT molecular complexity index is 1040. The Labute approximate surface area is 214 Å². The predicted molar refractivity (Wildman–Crippen MR) is 133 cm³/mol. The summed E-state index contributed by atoms with van der Waals surface area (Å²) in [4.78, 5) is 26.4. The van der Waals surface area contributed by atoms with Crippen molar-refractivity contribution >= 4 is 17.7 Å². The molecular formula is C28H33F3N2O4. The van der Waals surface area contributed by atoms with Crippen LogP contribution in [0.1, 0.15) is 73.7 Å². The lowest BCUT2D eigenvalue weighted by molar-refractivity contribution is -0.274. The molecule has 0 aliphatic heterocycles. The number of alkyl halides is 3. The lowest BCUT2D eigenvalue weighted by Gasteiger charge is -2.40. The number of amides is 2. The highest BCUT2D eigenvalue weighted by atomic mass is 19.4. The highest BCUT2D eigenvalue weighted by Crippen LogP contribution is 2.39. The maximum absolute atomic E-state index is 13.4. The minimum Gasteiger partial charge on any atom is -0.478 e. The van der Waals surface area contributed by atoms with Gasteiger partial charge in [0.2, 0.25) is 0 Å². The molecule has 2 aromatic carbocycles. The molecule has 2 amide bonds. The molecule has 0 unspecified atom stereocenters. The second-order valence-electron chi connectivity index (χ2n) is 10.1. The smallest absolute Gasteiger partial charge is 0.478 e. The van der Waals surface area contributed by atoms with Crippen LogP contribution in [-0.4, -0.2) is 34.4 Å². The molecule has 2 fully saturated rings. The van der Waals surface area contributed by atoms with Gasteiger partial charge in [0.1, 0.15) is 5.75 Å². The van der Waals surface area contributed by atoms with Gasteiger partial charge in [-0.3, -0.25) is 0 Å². The number of carbonyl (C=O) groups excluding carboxylic acids is 1. The first-order chi connectivity index (χ1) is 17.7. The van der Waals surface area contributed by atoms with Crippen molar-refractivity contribution in [3.8, 4) is 5.75 Å². The van der Waals surface area contributed by atoms with Gasteiger partial charge >= 0.3 is 18.4 Å². The highest BCUT2D eigenvalue weighted by Gasteiger charge is 2.33. The first-order valence-corrected chi connectivity index (χ1v) is 12.9. The Balaban J connectivity index is 1.45. The van der Waals surface area contributed by atoms with E-state index in [1.165, 1.54) is 56.4 Å². The molecule has 0 radical (unpaired) electrons. The van der Waals surface area contributed by atoms with Crippen LogP contribution in [-0.2, 0) is 6.54 Å². The molecule has 2 N–H and O–H groups in total. The van der Waals surface area contributed by atoms with Gasteiger partial charge in [-0.15, -0.1) is 13.2 Å². The van der Waals surface area contributed by atoms with E-state index in [1.807, 2.05) is 0 Å². The van der Waals surface area contributed by atoms with Crippen molar-refractivity contribution in [1.29, 1.82) is 0 Å². The number of anilines is 1. The largest absolute Gasteiger partial charge is 0.573 e. The number of carboxylic acids is 1. The van der Waals surface area contributed by atoms with Crippen LogP contribution in [0.2, 0.25) is 0 Å². The standard InChI is InChI=1S/C28H33F3N2O4/c29-28(30,31)37-25-16-12-23(13-17-25)32-27(36)33(18-19-6-8-22(9-7-19)26(34)35)24-14-10-21(11-15-24)20-4-2-1-3-5-20/h6-9,12-13,16-17,20-21,24H,1-5,10-11,14-15,18H2,(H,32,36)(H,34,35)/t21-,24+. The summed E-state index contributed by atoms with van der Waals surface area (Å²) in [7, 11) is 0. The molecule has 2 aromatic rings. The second-order valence-corrected chi connectivity index (χ2v) is 10.1. The van der Waals surface area contributed by atoms with Crippen LogP contribution in [0.4, 0.5) is 23.7 Å². The normalized spacial score (nSPS) is 20.7. The first-order valence-electron chi connectivity index (χ1n) is 12.9. The summed E-state index contributed by atoms with van der Waals surface area (Å²) in [5.74, 6) is 0.0949. The van der Waals surface area contributed by atoms with Crippen LogP contribution >= 0.6 is 0 Å². The van der Waals surface area contributed by atoms with Gasteiger partial charge in [-0.1, -0.05) is 44.2 Å². The summed E-state index contributed by atoms with van der Waals surface area (Å²) in [6, 6.07) is 11.2. The van der Waals surface area contributed by atoms with E-state index >= 15 is 0 Å². The number of nitrogens with one attached hydrogen (secondary N) is 1. The van der Waals surface area contributed by atoms with E-state index in [0.717, 1.165) is 49.3 Å². The zero-order valence-electron chi connectivity index (χ0n) is 20.7. The molecule has 0 atom stereocenters. The fourth-order valence-electron chi connectivity index (χ4n) is 5.74. The number of urea groups is 1. The van der Waals surface area contributed by atoms with E-state index in [-0.39, 0.29) is 23.4 Å². The maximum atomic E-state index is 13.4. The Hall–Kier alpha value is -3.23. The van der Waals surface area contributed by atoms with Crippen molar-refractivity contribution < 1.29 is 32.6 Å². The van der Waals surface area contributed by atoms with E-state index in [2.05, 4.69) is 10.1 Å². The van der Waals surface area contributed by atoms with Crippen LogP contribution in [0.15, 0.2) is 48.5 Å².